The van der Waals surface area contributed by atoms with Crippen LogP contribution in [0.15, 0.2) is 18.2 Å². The number of carboxylic acids is 1. The number of pyridine rings is 1. The zero-order chi connectivity index (χ0) is 13.7. The van der Waals surface area contributed by atoms with Crippen molar-refractivity contribution in [2.24, 2.45) is 5.92 Å². The first-order valence-electron chi connectivity index (χ1n) is 6.24. The van der Waals surface area contributed by atoms with E-state index in [0.29, 0.717) is 17.4 Å². The third-order valence-electron chi connectivity index (χ3n) is 2.76. The normalized spacial score (nSPS) is 14.8. The molecule has 0 bridgehead atoms. The summed E-state index contributed by atoms with van der Waals surface area (Å²) in [6, 6.07) is 3.58. The Morgan fingerprint density at radius 3 is 3.00 bits per heavy atom. The molecule has 1 aromatic rings. The Morgan fingerprint density at radius 2 is 2.32 bits per heavy atom. The van der Waals surface area contributed by atoms with Crippen LogP contribution in [0, 0.1) is 12.8 Å². The third-order valence-corrected chi connectivity index (χ3v) is 2.76. The third kappa shape index (κ3) is 4.71. The maximum atomic E-state index is 10.5. The van der Waals surface area contributed by atoms with Gasteiger partial charge in [-0.25, -0.2) is 9.78 Å². The van der Waals surface area contributed by atoms with Crippen molar-refractivity contribution in [3.8, 4) is 5.75 Å². The van der Waals surface area contributed by atoms with Gasteiger partial charge in [0, 0.05) is 11.8 Å². The SMILES string of the molecule is Cc1ccc(OCOCC2CC2)c(/C=C/C(=O)O)n1. The highest BCUT2D eigenvalue weighted by molar-refractivity contribution is 5.85. The smallest absolute Gasteiger partial charge is 0.328 e. The van der Waals surface area contributed by atoms with Crippen molar-refractivity contribution in [2.45, 2.75) is 19.8 Å². The van der Waals surface area contributed by atoms with Crippen molar-refractivity contribution in [1.29, 1.82) is 0 Å². The second kappa shape index (κ2) is 6.33. The van der Waals surface area contributed by atoms with Gasteiger partial charge in [0.05, 0.1) is 6.61 Å². The summed E-state index contributed by atoms with van der Waals surface area (Å²) in [7, 11) is 0. The highest BCUT2D eigenvalue weighted by Gasteiger charge is 2.21. The van der Waals surface area contributed by atoms with E-state index >= 15 is 0 Å². The molecular formula is C14H17NO4. The molecule has 0 atom stereocenters. The molecule has 1 aliphatic carbocycles. The topological polar surface area (TPSA) is 68.7 Å². The van der Waals surface area contributed by atoms with Crippen molar-refractivity contribution in [3.05, 3.63) is 29.6 Å². The molecule has 1 aliphatic rings. The second-order valence-corrected chi connectivity index (χ2v) is 4.58. The molecule has 2 rings (SSSR count). The number of hydrogen-bond acceptors (Lipinski definition) is 4. The van der Waals surface area contributed by atoms with Gasteiger partial charge in [0.15, 0.2) is 6.79 Å². The van der Waals surface area contributed by atoms with Crippen molar-refractivity contribution >= 4 is 12.0 Å². The molecule has 1 fully saturated rings. The molecule has 102 valence electrons. The van der Waals surface area contributed by atoms with Gasteiger partial charge in [-0.1, -0.05) is 0 Å². The summed E-state index contributed by atoms with van der Waals surface area (Å²) in [5.41, 5.74) is 1.30. The summed E-state index contributed by atoms with van der Waals surface area (Å²) >= 11 is 0. The first-order chi connectivity index (χ1) is 9.15. The number of carboxylic acid groups (broad SMARTS) is 1. The number of hydrogen-bond donors (Lipinski definition) is 1. The zero-order valence-corrected chi connectivity index (χ0v) is 10.8. The largest absolute Gasteiger partial charge is 0.478 e. The summed E-state index contributed by atoms with van der Waals surface area (Å²) < 4.78 is 10.9. The first kappa shape index (κ1) is 13.5. The van der Waals surface area contributed by atoms with Crippen LogP contribution in [0.1, 0.15) is 24.2 Å². The summed E-state index contributed by atoms with van der Waals surface area (Å²) in [5.74, 6) is 0.198. The minimum atomic E-state index is -1.01. The van der Waals surface area contributed by atoms with Crippen LogP contribution in [0.3, 0.4) is 0 Å². The first-order valence-corrected chi connectivity index (χ1v) is 6.24. The number of aryl methyl sites for hydroxylation is 1. The maximum absolute atomic E-state index is 10.5. The van der Waals surface area contributed by atoms with Crippen LogP contribution in [0.4, 0.5) is 0 Å². The second-order valence-electron chi connectivity index (χ2n) is 4.58. The van der Waals surface area contributed by atoms with Crippen LogP contribution in [-0.4, -0.2) is 29.5 Å². The van der Waals surface area contributed by atoms with Crippen molar-refractivity contribution < 1.29 is 19.4 Å². The fourth-order valence-electron chi connectivity index (χ4n) is 1.56. The van der Waals surface area contributed by atoms with Crippen LogP contribution in [0.5, 0.6) is 5.75 Å². The van der Waals surface area contributed by atoms with Crippen LogP contribution in [-0.2, 0) is 9.53 Å². The fourth-order valence-corrected chi connectivity index (χ4v) is 1.56. The van der Waals surface area contributed by atoms with Crippen molar-refractivity contribution in [1.82, 2.24) is 4.98 Å². The molecule has 0 aliphatic heterocycles. The molecular weight excluding hydrogens is 246 g/mol. The Hall–Kier alpha value is -1.88. The minimum Gasteiger partial charge on any atom is -0.478 e. The fraction of sp³-hybridized carbons (Fsp3) is 0.429. The molecule has 5 nitrogen and oxygen atoms in total. The Kier molecular flexibility index (Phi) is 4.52. The highest BCUT2D eigenvalue weighted by Crippen LogP contribution is 2.28. The number of carbonyl (C=O) groups is 1. The minimum absolute atomic E-state index is 0.162. The molecule has 19 heavy (non-hydrogen) atoms. The van der Waals surface area contributed by atoms with E-state index in [1.54, 1.807) is 6.07 Å². The lowest BCUT2D eigenvalue weighted by Crippen LogP contribution is -2.06. The van der Waals surface area contributed by atoms with E-state index in [-0.39, 0.29) is 6.79 Å². The number of nitrogens with zero attached hydrogens (tertiary/aromatic N) is 1. The van der Waals surface area contributed by atoms with Gasteiger partial charge in [0.2, 0.25) is 0 Å². The van der Waals surface area contributed by atoms with Gasteiger partial charge in [-0.2, -0.15) is 0 Å². The van der Waals surface area contributed by atoms with E-state index in [9.17, 15) is 4.79 Å². The standard InChI is InChI=1S/C14H17NO4/c1-10-2-6-13(12(15-10)5-7-14(16)17)19-9-18-8-11-3-4-11/h2,5-7,11H,3-4,8-9H2,1H3,(H,16,17)/b7-5+. The molecule has 0 amide bonds. The molecule has 0 radical (unpaired) electrons. The Morgan fingerprint density at radius 1 is 1.53 bits per heavy atom. The molecule has 1 saturated carbocycles. The number of rotatable bonds is 7. The van der Waals surface area contributed by atoms with Gasteiger partial charge in [0.1, 0.15) is 11.4 Å². The van der Waals surface area contributed by atoms with Gasteiger partial charge in [0.25, 0.3) is 0 Å². The molecule has 1 N–H and O–H groups in total. The monoisotopic (exact) mass is 263 g/mol. The summed E-state index contributed by atoms with van der Waals surface area (Å²) in [5, 5.41) is 8.64. The van der Waals surface area contributed by atoms with E-state index in [2.05, 4.69) is 4.98 Å². The Balaban J connectivity index is 1.94. The molecule has 0 saturated heterocycles. The summed E-state index contributed by atoms with van der Waals surface area (Å²) in [6.45, 7) is 2.72. The van der Waals surface area contributed by atoms with E-state index in [1.807, 2.05) is 13.0 Å². The predicted molar refractivity (Wildman–Crippen MR) is 69.8 cm³/mol. The van der Waals surface area contributed by atoms with Gasteiger partial charge < -0.3 is 14.6 Å². The molecule has 0 unspecified atom stereocenters. The summed E-state index contributed by atoms with van der Waals surface area (Å²) in [6.07, 6.45) is 4.93. The van der Waals surface area contributed by atoms with Crippen LogP contribution in [0.25, 0.3) is 6.08 Å². The lowest BCUT2D eigenvalue weighted by atomic mass is 10.2. The van der Waals surface area contributed by atoms with Crippen molar-refractivity contribution in [2.75, 3.05) is 13.4 Å². The van der Waals surface area contributed by atoms with E-state index in [0.717, 1.165) is 18.4 Å². The number of aliphatic carboxylic acids is 1. The average molecular weight is 263 g/mol. The molecule has 0 aromatic carbocycles. The van der Waals surface area contributed by atoms with Gasteiger partial charge in [-0.15, -0.1) is 0 Å². The van der Waals surface area contributed by atoms with Gasteiger partial charge >= 0.3 is 5.97 Å². The van der Waals surface area contributed by atoms with Crippen LogP contribution >= 0.6 is 0 Å². The Bertz CT molecular complexity index is 480. The quantitative estimate of drug-likeness (QED) is 0.464. The van der Waals surface area contributed by atoms with Gasteiger partial charge in [-0.3, -0.25) is 0 Å². The number of ether oxygens (including phenoxy) is 2. The highest BCUT2D eigenvalue weighted by atomic mass is 16.7. The lowest BCUT2D eigenvalue weighted by molar-refractivity contribution is -0.131. The van der Waals surface area contributed by atoms with E-state index in [4.69, 9.17) is 14.6 Å². The molecule has 1 heterocycles. The van der Waals surface area contributed by atoms with E-state index < -0.39 is 5.97 Å². The Labute approximate surface area is 111 Å². The van der Waals surface area contributed by atoms with Gasteiger partial charge in [-0.05, 0) is 43.9 Å². The lowest BCUT2D eigenvalue weighted by Gasteiger charge is -2.09. The van der Waals surface area contributed by atoms with Crippen LogP contribution < -0.4 is 4.74 Å². The molecule has 5 heteroatoms. The number of aromatic nitrogens is 1. The zero-order valence-electron chi connectivity index (χ0n) is 10.8. The average Bonchev–Trinajstić information content (AvgIpc) is 3.18. The van der Waals surface area contributed by atoms with E-state index in [1.165, 1.54) is 18.9 Å². The molecule has 1 aromatic heterocycles. The maximum Gasteiger partial charge on any atom is 0.328 e. The summed E-state index contributed by atoms with van der Waals surface area (Å²) in [4.78, 5) is 14.8. The molecule has 0 spiro atoms. The van der Waals surface area contributed by atoms with Crippen LogP contribution in [0.2, 0.25) is 0 Å². The predicted octanol–water partition coefficient (Wildman–Crippen LogP) is 2.25. The van der Waals surface area contributed by atoms with Crippen molar-refractivity contribution in [3.63, 3.8) is 0 Å².